The van der Waals surface area contributed by atoms with Gasteiger partial charge in [-0.3, -0.25) is 4.79 Å². The molecule has 0 spiro atoms. The predicted octanol–water partition coefficient (Wildman–Crippen LogP) is 3.00. The molecule has 126 valence electrons. The molecule has 2 aromatic carbocycles. The van der Waals surface area contributed by atoms with E-state index in [-0.39, 0.29) is 0 Å². The van der Waals surface area contributed by atoms with E-state index in [0.29, 0.717) is 31.9 Å². The minimum Gasteiger partial charge on any atom is -0.490 e. The van der Waals surface area contributed by atoms with Crippen molar-refractivity contribution in [2.75, 3.05) is 13.2 Å². The van der Waals surface area contributed by atoms with Gasteiger partial charge in [0, 0.05) is 25.1 Å². The average Bonchev–Trinajstić information content (AvgIpc) is 2.81. The molecule has 3 rings (SSSR count). The molecule has 0 bridgehead atoms. The predicted molar refractivity (Wildman–Crippen MR) is 95.3 cm³/mol. The first kappa shape index (κ1) is 16.8. The Balaban J connectivity index is 1.65. The highest BCUT2D eigenvalue weighted by Crippen LogP contribution is 2.38. The lowest BCUT2D eigenvalue weighted by atomic mass is 10.1. The van der Waals surface area contributed by atoms with Crippen LogP contribution in [0.1, 0.15) is 27.9 Å². The summed E-state index contributed by atoms with van der Waals surface area (Å²) in [5.41, 5.74) is 7.94. The van der Waals surface area contributed by atoms with Crippen molar-refractivity contribution in [3.05, 3.63) is 57.6 Å². The van der Waals surface area contributed by atoms with Gasteiger partial charge in [0.2, 0.25) is 5.91 Å². The largest absolute Gasteiger partial charge is 0.490 e. The van der Waals surface area contributed by atoms with E-state index in [1.807, 2.05) is 24.3 Å². The zero-order valence-corrected chi connectivity index (χ0v) is 14.8. The minimum absolute atomic E-state index is 0.413. The van der Waals surface area contributed by atoms with Crippen molar-refractivity contribution in [2.45, 2.75) is 19.5 Å². The zero-order valence-electron chi connectivity index (χ0n) is 13.2. The molecular weight excluding hydrogens is 372 g/mol. The molecule has 0 atom stereocenters. The summed E-state index contributed by atoms with van der Waals surface area (Å²) in [6.45, 7) is 2.65. The van der Waals surface area contributed by atoms with Crippen LogP contribution in [0.15, 0.2) is 40.9 Å². The van der Waals surface area contributed by atoms with Crippen molar-refractivity contribution in [3.8, 4) is 11.5 Å². The van der Waals surface area contributed by atoms with Crippen LogP contribution in [-0.4, -0.2) is 19.1 Å². The molecule has 24 heavy (non-hydrogen) atoms. The fourth-order valence-corrected chi connectivity index (χ4v) is 3.18. The van der Waals surface area contributed by atoms with E-state index in [9.17, 15) is 4.79 Å². The molecule has 6 heteroatoms. The van der Waals surface area contributed by atoms with Gasteiger partial charge in [-0.25, -0.2) is 0 Å². The van der Waals surface area contributed by atoms with Gasteiger partial charge in [0.15, 0.2) is 11.5 Å². The number of amides is 1. The molecule has 0 aromatic heterocycles. The molecule has 5 nitrogen and oxygen atoms in total. The van der Waals surface area contributed by atoms with Gasteiger partial charge in [-0.05, 0) is 51.3 Å². The Morgan fingerprint density at radius 1 is 1.12 bits per heavy atom. The summed E-state index contributed by atoms with van der Waals surface area (Å²) in [5.74, 6) is 1.13. The van der Waals surface area contributed by atoms with Crippen LogP contribution in [-0.2, 0) is 13.1 Å². The van der Waals surface area contributed by atoms with Crippen LogP contribution < -0.4 is 20.5 Å². The van der Waals surface area contributed by atoms with Crippen LogP contribution >= 0.6 is 15.9 Å². The third-order valence-corrected chi connectivity index (χ3v) is 4.32. The molecule has 0 aliphatic carbocycles. The lowest BCUT2D eigenvalue weighted by molar-refractivity contribution is 0.1000. The Morgan fingerprint density at radius 3 is 2.75 bits per heavy atom. The van der Waals surface area contributed by atoms with Crippen molar-refractivity contribution in [1.82, 2.24) is 5.32 Å². The number of nitrogens with two attached hydrogens (primary N) is 1. The highest BCUT2D eigenvalue weighted by atomic mass is 79.9. The molecule has 0 saturated carbocycles. The second-order valence-electron chi connectivity index (χ2n) is 5.62. The minimum atomic E-state index is -0.413. The van der Waals surface area contributed by atoms with E-state index in [4.69, 9.17) is 15.2 Å². The van der Waals surface area contributed by atoms with Crippen LogP contribution in [0.5, 0.6) is 11.5 Å². The summed E-state index contributed by atoms with van der Waals surface area (Å²) in [7, 11) is 0. The molecule has 1 aliphatic heterocycles. The fourth-order valence-electron chi connectivity index (χ4n) is 2.57. The molecular formula is C18H19BrN2O3. The highest BCUT2D eigenvalue weighted by molar-refractivity contribution is 9.10. The molecule has 2 aromatic rings. The standard InChI is InChI=1S/C18H19BrN2O3/c19-15-8-13(9-16-17(15)24-6-2-5-23-16)11-21-10-12-3-1-4-14(7-12)18(20)22/h1,3-4,7-9,21H,2,5-6,10-11H2,(H2,20,22). The first-order chi connectivity index (χ1) is 11.6. The van der Waals surface area contributed by atoms with E-state index < -0.39 is 5.91 Å². The van der Waals surface area contributed by atoms with Gasteiger partial charge >= 0.3 is 0 Å². The maximum Gasteiger partial charge on any atom is 0.248 e. The number of primary amides is 1. The number of benzene rings is 2. The van der Waals surface area contributed by atoms with Crippen molar-refractivity contribution in [1.29, 1.82) is 0 Å². The first-order valence-electron chi connectivity index (χ1n) is 7.81. The van der Waals surface area contributed by atoms with Crippen molar-refractivity contribution < 1.29 is 14.3 Å². The van der Waals surface area contributed by atoms with E-state index >= 15 is 0 Å². The number of rotatable bonds is 5. The fraction of sp³-hybridized carbons (Fsp3) is 0.278. The van der Waals surface area contributed by atoms with E-state index in [1.165, 1.54) is 0 Å². The van der Waals surface area contributed by atoms with E-state index in [0.717, 1.165) is 33.5 Å². The van der Waals surface area contributed by atoms with Gasteiger partial charge in [0.1, 0.15) is 0 Å². The van der Waals surface area contributed by atoms with Gasteiger partial charge in [-0.1, -0.05) is 12.1 Å². The van der Waals surface area contributed by atoms with E-state index in [2.05, 4.69) is 21.2 Å². The third-order valence-electron chi connectivity index (χ3n) is 3.73. The van der Waals surface area contributed by atoms with E-state index in [1.54, 1.807) is 12.1 Å². The van der Waals surface area contributed by atoms with Gasteiger partial charge in [-0.15, -0.1) is 0 Å². The molecule has 1 aliphatic rings. The Bertz CT molecular complexity index is 749. The number of hydrogen-bond donors (Lipinski definition) is 2. The summed E-state index contributed by atoms with van der Waals surface area (Å²) in [4.78, 5) is 11.2. The summed E-state index contributed by atoms with van der Waals surface area (Å²) in [6, 6.07) is 11.3. The second kappa shape index (κ2) is 7.68. The molecule has 3 N–H and O–H groups in total. The summed E-state index contributed by atoms with van der Waals surface area (Å²) >= 11 is 3.55. The topological polar surface area (TPSA) is 73.6 Å². The molecule has 1 amide bonds. The molecule has 0 radical (unpaired) electrons. The quantitative estimate of drug-likeness (QED) is 0.822. The number of fused-ring (bicyclic) bond motifs is 1. The SMILES string of the molecule is NC(=O)c1cccc(CNCc2cc(Br)c3c(c2)OCCCO3)c1. The van der Waals surface area contributed by atoms with Crippen LogP contribution in [0.4, 0.5) is 0 Å². The van der Waals surface area contributed by atoms with Crippen LogP contribution in [0.25, 0.3) is 0 Å². The van der Waals surface area contributed by atoms with Gasteiger partial charge in [-0.2, -0.15) is 0 Å². The smallest absolute Gasteiger partial charge is 0.248 e. The third kappa shape index (κ3) is 4.07. The number of carbonyl (C=O) groups excluding carboxylic acids is 1. The van der Waals surface area contributed by atoms with Crippen LogP contribution in [0.3, 0.4) is 0 Å². The number of hydrogen-bond acceptors (Lipinski definition) is 4. The molecule has 0 saturated heterocycles. The number of nitrogens with one attached hydrogen (secondary N) is 1. The molecule has 0 fully saturated rings. The normalized spacial score (nSPS) is 13.4. The monoisotopic (exact) mass is 390 g/mol. The molecule has 0 unspecified atom stereocenters. The van der Waals surface area contributed by atoms with Crippen LogP contribution in [0, 0.1) is 0 Å². The average molecular weight is 391 g/mol. The van der Waals surface area contributed by atoms with Crippen molar-refractivity contribution >= 4 is 21.8 Å². The zero-order chi connectivity index (χ0) is 16.9. The first-order valence-corrected chi connectivity index (χ1v) is 8.60. The van der Waals surface area contributed by atoms with Crippen molar-refractivity contribution in [2.24, 2.45) is 5.73 Å². The Hall–Kier alpha value is -2.05. The van der Waals surface area contributed by atoms with Crippen LogP contribution in [0.2, 0.25) is 0 Å². The van der Waals surface area contributed by atoms with Crippen molar-refractivity contribution in [3.63, 3.8) is 0 Å². The maximum atomic E-state index is 11.2. The summed E-state index contributed by atoms with van der Waals surface area (Å²) in [5, 5.41) is 3.36. The second-order valence-corrected chi connectivity index (χ2v) is 6.48. The Kier molecular flexibility index (Phi) is 5.37. The lowest BCUT2D eigenvalue weighted by Crippen LogP contribution is -2.15. The number of ether oxygens (including phenoxy) is 2. The van der Waals surface area contributed by atoms with Gasteiger partial charge in [0.25, 0.3) is 0 Å². The summed E-state index contributed by atoms with van der Waals surface area (Å²) in [6.07, 6.45) is 0.880. The maximum absolute atomic E-state index is 11.2. The number of halogens is 1. The Morgan fingerprint density at radius 2 is 1.92 bits per heavy atom. The molecule has 1 heterocycles. The summed E-state index contributed by atoms with van der Waals surface area (Å²) < 4.78 is 12.3. The van der Waals surface area contributed by atoms with Gasteiger partial charge < -0.3 is 20.5 Å². The van der Waals surface area contributed by atoms with Gasteiger partial charge in [0.05, 0.1) is 17.7 Å². The Labute approximate surface area is 149 Å². The lowest BCUT2D eigenvalue weighted by Gasteiger charge is -2.12. The number of carbonyl (C=O) groups is 1. The highest BCUT2D eigenvalue weighted by Gasteiger charge is 2.15.